The highest BCUT2D eigenvalue weighted by Gasteiger charge is 2.59. The van der Waals surface area contributed by atoms with E-state index >= 15 is 0 Å². The maximum absolute atomic E-state index is 12.3. The van der Waals surface area contributed by atoms with Crippen LogP contribution in [-0.4, -0.2) is 62.6 Å². The number of fused-ring (bicyclic) bond motifs is 1. The van der Waals surface area contributed by atoms with Crippen molar-refractivity contribution in [2.24, 2.45) is 11.8 Å². The number of aromatic nitrogens is 1. The van der Waals surface area contributed by atoms with E-state index < -0.39 is 18.0 Å². The van der Waals surface area contributed by atoms with Crippen molar-refractivity contribution in [1.29, 1.82) is 0 Å². The number of aliphatic hydroxyl groups excluding tert-OH is 1. The molecule has 1 aromatic heterocycles. The fraction of sp³-hybridized carbons (Fsp3) is 0.500. The van der Waals surface area contributed by atoms with Gasteiger partial charge in [0.1, 0.15) is 5.70 Å². The molecule has 0 unspecified atom stereocenters. The van der Waals surface area contributed by atoms with E-state index in [0.717, 1.165) is 11.3 Å². The van der Waals surface area contributed by atoms with Crippen molar-refractivity contribution in [1.82, 2.24) is 14.8 Å². The molecule has 25 heavy (non-hydrogen) atoms. The minimum absolute atomic E-state index is 0.0762. The second-order valence-corrected chi connectivity index (χ2v) is 6.93. The molecule has 0 bridgehead atoms. The number of carboxylic acid groups (broad SMARTS) is 1. The lowest BCUT2D eigenvalue weighted by Crippen LogP contribution is -2.63. The summed E-state index contributed by atoms with van der Waals surface area (Å²) in [4.78, 5) is 31.7. The molecular weight excluding hydrogens is 322 g/mol. The van der Waals surface area contributed by atoms with E-state index in [-0.39, 0.29) is 23.6 Å². The first-order chi connectivity index (χ1) is 11.8. The summed E-state index contributed by atoms with van der Waals surface area (Å²) in [6, 6.07) is 5.41. The van der Waals surface area contributed by atoms with Crippen LogP contribution >= 0.6 is 0 Å². The average molecular weight is 345 g/mol. The number of likely N-dealkylation sites (N-methyl/N-ethyl adjacent to an activating group) is 1. The zero-order valence-electron chi connectivity index (χ0n) is 14.6. The summed E-state index contributed by atoms with van der Waals surface area (Å²) in [7, 11) is 1.90. The Morgan fingerprint density at radius 1 is 1.40 bits per heavy atom. The largest absolute Gasteiger partial charge is 0.477 e. The van der Waals surface area contributed by atoms with Gasteiger partial charge in [-0.2, -0.15) is 0 Å². The van der Waals surface area contributed by atoms with Gasteiger partial charge >= 0.3 is 5.97 Å². The average Bonchev–Trinajstić information content (AvgIpc) is 2.77. The zero-order chi connectivity index (χ0) is 18.3. The van der Waals surface area contributed by atoms with Crippen molar-refractivity contribution in [2.75, 3.05) is 13.6 Å². The molecule has 2 aliphatic heterocycles. The fourth-order valence-corrected chi connectivity index (χ4v) is 3.97. The first-order valence-electron chi connectivity index (χ1n) is 8.38. The number of carbonyl (C=O) groups excluding carboxylic acids is 1. The summed E-state index contributed by atoms with van der Waals surface area (Å²) >= 11 is 0. The molecule has 2 aliphatic rings. The number of amides is 1. The molecule has 1 fully saturated rings. The maximum Gasteiger partial charge on any atom is 0.352 e. The minimum Gasteiger partial charge on any atom is -0.477 e. The lowest BCUT2D eigenvalue weighted by atomic mass is 9.77. The van der Waals surface area contributed by atoms with Crippen LogP contribution in [0.4, 0.5) is 0 Å². The first-order valence-corrected chi connectivity index (χ1v) is 8.38. The summed E-state index contributed by atoms with van der Waals surface area (Å²) in [6.07, 6.45) is 0.943. The summed E-state index contributed by atoms with van der Waals surface area (Å²) < 4.78 is 0. The second-order valence-electron chi connectivity index (χ2n) is 6.93. The Balaban J connectivity index is 1.82. The normalized spacial score (nSPS) is 26.7. The van der Waals surface area contributed by atoms with Crippen LogP contribution in [0.2, 0.25) is 0 Å². The van der Waals surface area contributed by atoms with Crippen molar-refractivity contribution in [3.63, 3.8) is 0 Å². The monoisotopic (exact) mass is 345 g/mol. The van der Waals surface area contributed by atoms with Gasteiger partial charge in [-0.25, -0.2) is 4.79 Å². The predicted molar refractivity (Wildman–Crippen MR) is 90.2 cm³/mol. The molecular formula is C18H23N3O4. The number of carboxylic acids is 1. The fourth-order valence-electron chi connectivity index (χ4n) is 3.97. The number of hydrogen-bond acceptors (Lipinski definition) is 5. The minimum atomic E-state index is -1.09. The molecule has 4 atom stereocenters. The van der Waals surface area contributed by atoms with Gasteiger partial charge in [0.15, 0.2) is 0 Å². The number of aliphatic hydroxyl groups is 1. The second kappa shape index (κ2) is 6.57. The van der Waals surface area contributed by atoms with Crippen LogP contribution in [0.15, 0.2) is 35.7 Å². The Kier molecular flexibility index (Phi) is 4.62. The van der Waals surface area contributed by atoms with Gasteiger partial charge < -0.3 is 15.1 Å². The van der Waals surface area contributed by atoms with Crippen LogP contribution < -0.4 is 0 Å². The number of pyridine rings is 1. The molecule has 0 aromatic carbocycles. The van der Waals surface area contributed by atoms with Gasteiger partial charge in [0.05, 0.1) is 23.8 Å². The van der Waals surface area contributed by atoms with Gasteiger partial charge in [0, 0.05) is 25.2 Å². The van der Waals surface area contributed by atoms with Gasteiger partial charge in [0.25, 0.3) is 0 Å². The Morgan fingerprint density at radius 3 is 2.68 bits per heavy atom. The highest BCUT2D eigenvalue weighted by Crippen LogP contribution is 2.47. The lowest BCUT2D eigenvalue weighted by molar-refractivity contribution is -0.163. The Bertz CT molecular complexity index is 716. The molecule has 2 N–H and O–H groups in total. The number of carbonyl (C=O) groups is 2. The zero-order valence-corrected chi connectivity index (χ0v) is 14.6. The van der Waals surface area contributed by atoms with E-state index in [1.54, 1.807) is 13.1 Å². The molecule has 0 saturated carbocycles. The van der Waals surface area contributed by atoms with Crippen molar-refractivity contribution < 1.29 is 19.8 Å². The van der Waals surface area contributed by atoms with Crippen LogP contribution in [0.25, 0.3) is 0 Å². The van der Waals surface area contributed by atoms with Crippen LogP contribution in [0.1, 0.15) is 19.5 Å². The highest BCUT2D eigenvalue weighted by atomic mass is 16.4. The first kappa shape index (κ1) is 17.6. The summed E-state index contributed by atoms with van der Waals surface area (Å²) in [5, 5.41) is 19.5. The van der Waals surface area contributed by atoms with E-state index in [4.69, 9.17) is 0 Å². The Labute approximate surface area is 146 Å². The molecule has 134 valence electrons. The van der Waals surface area contributed by atoms with Gasteiger partial charge in [0.2, 0.25) is 5.91 Å². The number of aliphatic carboxylic acids is 1. The molecule has 1 aromatic rings. The van der Waals surface area contributed by atoms with Crippen LogP contribution in [0, 0.1) is 11.8 Å². The molecule has 1 saturated heterocycles. The quantitative estimate of drug-likeness (QED) is 0.738. The number of nitrogens with zero attached hydrogens (tertiary/aromatic N) is 3. The van der Waals surface area contributed by atoms with Crippen molar-refractivity contribution in [2.45, 2.75) is 32.5 Å². The van der Waals surface area contributed by atoms with Crippen LogP contribution in [-0.2, 0) is 16.1 Å². The van der Waals surface area contributed by atoms with Crippen LogP contribution in [0.3, 0.4) is 0 Å². The maximum atomic E-state index is 12.3. The molecule has 1 amide bonds. The highest BCUT2D eigenvalue weighted by molar-refractivity contribution is 6.00. The molecule has 0 radical (unpaired) electrons. The third-order valence-corrected chi connectivity index (χ3v) is 5.12. The Hall–Kier alpha value is -2.25. The van der Waals surface area contributed by atoms with Gasteiger partial charge in [-0.3, -0.25) is 14.7 Å². The summed E-state index contributed by atoms with van der Waals surface area (Å²) in [5.41, 5.74) is 1.70. The third kappa shape index (κ3) is 2.94. The standard InChI is InChI=1S/C18H23N3O4/c1-10-13(9-20(3)8-12-6-4-5-7-19-12)16(18(24)25)21-15(10)14(11(2)22)17(21)23/h4-7,10-11,14-15,22H,8-9H2,1-3H3,(H,24,25)/t10-,11+,14+,15+/m0/s1. The van der Waals surface area contributed by atoms with Crippen molar-refractivity contribution >= 4 is 11.9 Å². The Morgan fingerprint density at radius 2 is 2.12 bits per heavy atom. The summed E-state index contributed by atoms with van der Waals surface area (Å²) in [5.74, 6) is -2.02. The van der Waals surface area contributed by atoms with Gasteiger partial charge in [-0.1, -0.05) is 13.0 Å². The molecule has 7 heteroatoms. The lowest BCUT2D eigenvalue weighted by Gasteiger charge is -2.46. The topological polar surface area (TPSA) is 94.0 Å². The molecule has 0 aliphatic carbocycles. The van der Waals surface area contributed by atoms with E-state index in [2.05, 4.69) is 4.98 Å². The number of β-lactam (4-membered cyclic amide) rings is 1. The summed E-state index contributed by atoms with van der Waals surface area (Å²) in [6.45, 7) is 4.53. The molecule has 3 heterocycles. The molecule has 7 nitrogen and oxygen atoms in total. The van der Waals surface area contributed by atoms with E-state index in [1.807, 2.05) is 37.1 Å². The predicted octanol–water partition coefficient (Wildman–Crippen LogP) is 0.710. The number of hydrogen-bond donors (Lipinski definition) is 2. The van der Waals surface area contributed by atoms with E-state index in [1.165, 1.54) is 4.90 Å². The number of rotatable bonds is 6. The van der Waals surface area contributed by atoms with E-state index in [9.17, 15) is 19.8 Å². The SMILES string of the molecule is C[C@@H](O)[C@H]1C(=O)N2C(C(=O)O)=C(CN(C)Cc3ccccn3)[C@H](C)[C@H]12. The third-order valence-electron chi connectivity index (χ3n) is 5.12. The van der Waals surface area contributed by atoms with Gasteiger partial charge in [-0.15, -0.1) is 0 Å². The van der Waals surface area contributed by atoms with Gasteiger partial charge in [-0.05, 0) is 31.7 Å². The van der Waals surface area contributed by atoms with Crippen molar-refractivity contribution in [3.05, 3.63) is 41.4 Å². The smallest absolute Gasteiger partial charge is 0.352 e. The molecule has 3 rings (SSSR count). The van der Waals surface area contributed by atoms with Crippen molar-refractivity contribution in [3.8, 4) is 0 Å². The van der Waals surface area contributed by atoms with E-state index in [0.29, 0.717) is 13.1 Å². The van der Waals surface area contributed by atoms with Crippen LogP contribution in [0.5, 0.6) is 0 Å². The molecule has 0 spiro atoms.